The van der Waals surface area contributed by atoms with Crippen LogP contribution < -0.4 is 5.32 Å². The molecule has 1 aliphatic rings. The van der Waals surface area contributed by atoms with Gasteiger partial charge in [-0.1, -0.05) is 18.2 Å². The normalized spacial score (nSPS) is 15.8. The Bertz CT molecular complexity index is 1050. The molecule has 5 nitrogen and oxygen atoms in total. The molecule has 1 N–H and O–H groups in total. The number of benzene rings is 2. The maximum absolute atomic E-state index is 12.6. The third kappa shape index (κ3) is 4.91. The molecule has 30 heavy (non-hydrogen) atoms. The zero-order valence-electron chi connectivity index (χ0n) is 16.0. The Balaban J connectivity index is 1.68. The molecule has 2 aromatic rings. The van der Waals surface area contributed by atoms with Gasteiger partial charge in [-0.25, -0.2) is 0 Å². The standard InChI is InChI=1S/C21H17F3N2O3S/c1-12-3-8-16(9-13(12)2)25-18(27)11-26-19(28)17(30-20(26)29)10-14-4-6-15(7-5-14)21(22,23)24/h3-10H,11H2,1-2H3,(H,25,27)/b17-10+. The molecule has 3 amide bonds. The van der Waals surface area contributed by atoms with E-state index >= 15 is 0 Å². The summed E-state index contributed by atoms with van der Waals surface area (Å²) in [4.78, 5) is 37.7. The van der Waals surface area contributed by atoms with Crippen molar-refractivity contribution in [2.75, 3.05) is 11.9 Å². The molecule has 0 radical (unpaired) electrons. The van der Waals surface area contributed by atoms with E-state index in [1.807, 2.05) is 19.9 Å². The largest absolute Gasteiger partial charge is 0.416 e. The summed E-state index contributed by atoms with van der Waals surface area (Å²) >= 11 is 0.635. The highest BCUT2D eigenvalue weighted by atomic mass is 32.2. The summed E-state index contributed by atoms with van der Waals surface area (Å²) < 4.78 is 37.9. The van der Waals surface area contributed by atoms with Crippen molar-refractivity contribution in [3.05, 3.63) is 69.6 Å². The number of anilines is 1. The Hall–Kier alpha value is -3.07. The second-order valence-corrected chi connectivity index (χ2v) is 7.73. The molecule has 0 bridgehead atoms. The van der Waals surface area contributed by atoms with Crippen molar-refractivity contribution in [2.45, 2.75) is 20.0 Å². The summed E-state index contributed by atoms with van der Waals surface area (Å²) in [7, 11) is 0. The maximum Gasteiger partial charge on any atom is 0.416 e. The van der Waals surface area contributed by atoms with Crippen LogP contribution in [-0.4, -0.2) is 28.5 Å². The molecule has 1 fully saturated rings. The summed E-state index contributed by atoms with van der Waals surface area (Å²) in [5.41, 5.74) is 2.13. The maximum atomic E-state index is 12.6. The molecule has 1 saturated heterocycles. The van der Waals surface area contributed by atoms with E-state index in [4.69, 9.17) is 0 Å². The summed E-state index contributed by atoms with van der Waals surface area (Å²) in [5, 5.41) is 2.03. The van der Waals surface area contributed by atoms with Gasteiger partial charge in [0, 0.05) is 5.69 Å². The Morgan fingerprint density at radius 2 is 1.73 bits per heavy atom. The van der Waals surface area contributed by atoms with E-state index in [2.05, 4.69) is 5.32 Å². The monoisotopic (exact) mass is 434 g/mol. The average Bonchev–Trinajstić information content (AvgIpc) is 2.92. The fourth-order valence-electron chi connectivity index (χ4n) is 2.72. The van der Waals surface area contributed by atoms with Crippen LogP contribution >= 0.6 is 11.8 Å². The number of carbonyl (C=O) groups excluding carboxylic acids is 3. The number of alkyl halides is 3. The fraction of sp³-hybridized carbons (Fsp3) is 0.190. The number of halogens is 3. The molecular formula is C21H17F3N2O3S. The minimum Gasteiger partial charge on any atom is -0.325 e. The number of imide groups is 1. The van der Waals surface area contributed by atoms with Crippen LogP contribution in [0.3, 0.4) is 0 Å². The molecule has 156 valence electrons. The molecule has 3 rings (SSSR count). The second-order valence-electron chi connectivity index (χ2n) is 6.73. The van der Waals surface area contributed by atoms with Crippen LogP contribution in [0.15, 0.2) is 47.4 Å². The number of carbonyl (C=O) groups is 3. The van der Waals surface area contributed by atoms with Gasteiger partial charge in [0.05, 0.1) is 10.5 Å². The van der Waals surface area contributed by atoms with Crippen LogP contribution in [-0.2, 0) is 15.8 Å². The average molecular weight is 434 g/mol. The van der Waals surface area contributed by atoms with E-state index in [-0.39, 0.29) is 4.91 Å². The van der Waals surface area contributed by atoms with E-state index in [0.29, 0.717) is 23.0 Å². The fourth-order valence-corrected chi connectivity index (χ4v) is 3.56. The highest BCUT2D eigenvalue weighted by Gasteiger charge is 2.36. The minimum absolute atomic E-state index is 0.0405. The summed E-state index contributed by atoms with van der Waals surface area (Å²) in [6, 6.07) is 9.56. The Labute approximate surface area is 174 Å². The van der Waals surface area contributed by atoms with Crippen molar-refractivity contribution in [3.8, 4) is 0 Å². The predicted molar refractivity (Wildman–Crippen MR) is 109 cm³/mol. The highest BCUT2D eigenvalue weighted by molar-refractivity contribution is 8.18. The first-order valence-electron chi connectivity index (χ1n) is 8.84. The molecule has 0 saturated carbocycles. The second kappa shape index (κ2) is 8.35. The van der Waals surface area contributed by atoms with Gasteiger partial charge < -0.3 is 5.32 Å². The summed E-state index contributed by atoms with van der Waals surface area (Å²) in [6.07, 6.45) is -3.13. The first-order valence-corrected chi connectivity index (χ1v) is 9.66. The predicted octanol–water partition coefficient (Wildman–Crippen LogP) is 5.00. The SMILES string of the molecule is Cc1ccc(NC(=O)CN2C(=O)S/C(=C/c3ccc(C(F)(F)F)cc3)C2=O)cc1C. The third-order valence-electron chi connectivity index (χ3n) is 4.50. The summed E-state index contributed by atoms with van der Waals surface area (Å²) in [6.45, 7) is 3.37. The number of hydrogen-bond acceptors (Lipinski definition) is 4. The molecule has 0 aliphatic carbocycles. The van der Waals surface area contributed by atoms with Crippen LogP contribution in [0.1, 0.15) is 22.3 Å². The lowest BCUT2D eigenvalue weighted by molar-refractivity contribution is -0.137. The Kier molecular flexibility index (Phi) is 6.02. The van der Waals surface area contributed by atoms with Crippen molar-refractivity contribution in [3.63, 3.8) is 0 Å². The van der Waals surface area contributed by atoms with Crippen molar-refractivity contribution in [1.82, 2.24) is 4.90 Å². The molecule has 0 atom stereocenters. The van der Waals surface area contributed by atoms with Crippen LogP contribution in [0, 0.1) is 13.8 Å². The number of aryl methyl sites for hydroxylation is 2. The van der Waals surface area contributed by atoms with E-state index in [1.165, 1.54) is 18.2 Å². The van der Waals surface area contributed by atoms with Crippen LogP contribution in [0.4, 0.5) is 23.7 Å². The van der Waals surface area contributed by atoms with Gasteiger partial charge in [-0.15, -0.1) is 0 Å². The first kappa shape index (κ1) is 21.6. The van der Waals surface area contributed by atoms with Gasteiger partial charge in [-0.05, 0) is 72.6 Å². The first-order chi connectivity index (χ1) is 14.0. The molecule has 0 aromatic heterocycles. The van der Waals surface area contributed by atoms with Gasteiger partial charge in [0.2, 0.25) is 5.91 Å². The van der Waals surface area contributed by atoms with Gasteiger partial charge in [0.25, 0.3) is 11.1 Å². The summed E-state index contributed by atoms with van der Waals surface area (Å²) in [5.74, 6) is -1.20. The number of hydrogen-bond donors (Lipinski definition) is 1. The van der Waals surface area contributed by atoms with Crippen molar-refractivity contribution >= 4 is 40.6 Å². The number of thioether (sulfide) groups is 1. The molecule has 9 heteroatoms. The van der Waals surface area contributed by atoms with Crippen molar-refractivity contribution in [2.24, 2.45) is 0 Å². The Morgan fingerprint density at radius 1 is 1.07 bits per heavy atom. The van der Waals surface area contributed by atoms with E-state index in [1.54, 1.807) is 12.1 Å². The van der Waals surface area contributed by atoms with Crippen molar-refractivity contribution < 1.29 is 27.6 Å². The van der Waals surface area contributed by atoms with Crippen LogP contribution in [0.25, 0.3) is 6.08 Å². The Morgan fingerprint density at radius 3 is 2.33 bits per heavy atom. The topological polar surface area (TPSA) is 66.5 Å². The van der Waals surface area contributed by atoms with Gasteiger partial charge in [0.15, 0.2) is 0 Å². The molecule has 1 heterocycles. The molecule has 0 unspecified atom stereocenters. The number of rotatable bonds is 4. The lowest BCUT2D eigenvalue weighted by atomic mass is 10.1. The van der Waals surface area contributed by atoms with E-state index in [9.17, 15) is 27.6 Å². The van der Waals surface area contributed by atoms with Gasteiger partial charge >= 0.3 is 6.18 Å². The van der Waals surface area contributed by atoms with Gasteiger partial charge in [-0.2, -0.15) is 13.2 Å². The van der Waals surface area contributed by atoms with Gasteiger partial charge in [-0.3, -0.25) is 19.3 Å². The molecule has 1 aliphatic heterocycles. The van der Waals surface area contributed by atoms with Crippen LogP contribution in [0.2, 0.25) is 0 Å². The molecule has 0 spiro atoms. The lowest BCUT2D eigenvalue weighted by Gasteiger charge is -2.13. The number of nitrogens with one attached hydrogen (secondary N) is 1. The van der Waals surface area contributed by atoms with E-state index < -0.39 is 35.3 Å². The lowest BCUT2D eigenvalue weighted by Crippen LogP contribution is -2.36. The third-order valence-corrected chi connectivity index (χ3v) is 5.41. The quantitative estimate of drug-likeness (QED) is 0.688. The molecule has 2 aromatic carbocycles. The zero-order valence-corrected chi connectivity index (χ0v) is 16.9. The molecular weight excluding hydrogens is 417 g/mol. The minimum atomic E-state index is -4.46. The zero-order chi connectivity index (χ0) is 22.1. The number of nitrogens with zero attached hydrogens (tertiary/aromatic N) is 1. The van der Waals surface area contributed by atoms with E-state index in [0.717, 1.165) is 28.2 Å². The van der Waals surface area contributed by atoms with Crippen molar-refractivity contribution in [1.29, 1.82) is 0 Å². The smallest absolute Gasteiger partial charge is 0.325 e. The number of amides is 3. The van der Waals surface area contributed by atoms with Crippen LogP contribution in [0.5, 0.6) is 0 Å². The van der Waals surface area contributed by atoms with Gasteiger partial charge in [0.1, 0.15) is 6.54 Å². The highest BCUT2D eigenvalue weighted by Crippen LogP contribution is 2.33.